The summed E-state index contributed by atoms with van der Waals surface area (Å²) in [7, 11) is 1.59. The van der Waals surface area contributed by atoms with Crippen LogP contribution in [0.15, 0.2) is 47.6 Å². The topological polar surface area (TPSA) is 49.8 Å². The Kier molecular flexibility index (Phi) is 5.78. The van der Waals surface area contributed by atoms with E-state index in [1.807, 2.05) is 35.2 Å². The van der Waals surface area contributed by atoms with Crippen LogP contribution < -0.4 is 10.1 Å². The largest absolute Gasteiger partial charge is 0.481 e. The Morgan fingerprint density at radius 2 is 2.28 bits per heavy atom. The maximum atomic E-state index is 6.03. The molecule has 2 heterocycles. The Labute approximate surface area is 161 Å². The van der Waals surface area contributed by atoms with Crippen LogP contribution >= 0.6 is 35.6 Å². The number of aromatic nitrogens is 1. The Balaban J connectivity index is 1.78. The molecule has 0 saturated carbocycles. The molecule has 1 aliphatic rings. The van der Waals surface area contributed by atoms with Crippen molar-refractivity contribution in [3.63, 3.8) is 0 Å². The van der Waals surface area contributed by atoms with Crippen LogP contribution in [-0.4, -0.2) is 39.1 Å². The fraction of sp³-hybridized carbons (Fsp3) is 0.235. The lowest BCUT2D eigenvalue weighted by atomic mass is 10.3. The lowest BCUT2D eigenvalue weighted by molar-refractivity contribution is 0.398. The molecule has 8 heteroatoms. The van der Waals surface area contributed by atoms with Gasteiger partial charge in [0.25, 0.3) is 0 Å². The zero-order valence-electron chi connectivity index (χ0n) is 13.8. The van der Waals surface area contributed by atoms with Crippen LogP contribution in [0.4, 0.5) is 11.4 Å². The van der Waals surface area contributed by atoms with Crippen LogP contribution in [0.1, 0.15) is 6.92 Å². The number of thiocarbonyl (C=S) groups is 1. The number of aliphatic imine (C=N–C) groups is 1. The molecule has 5 nitrogen and oxygen atoms in total. The smallest absolute Gasteiger partial charge is 0.213 e. The predicted octanol–water partition coefficient (Wildman–Crippen LogP) is 4.57. The number of ether oxygens (including phenoxy) is 1. The fourth-order valence-corrected chi connectivity index (χ4v) is 3.86. The van der Waals surface area contributed by atoms with Crippen LogP contribution in [0.2, 0.25) is 5.02 Å². The highest BCUT2D eigenvalue weighted by Crippen LogP contribution is 2.29. The molecular formula is C17H17ClN4OS2. The summed E-state index contributed by atoms with van der Waals surface area (Å²) in [5, 5.41) is 5.72. The number of anilines is 1. The minimum Gasteiger partial charge on any atom is -0.481 e. The van der Waals surface area contributed by atoms with E-state index in [9.17, 15) is 0 Å². The molecule has 1 aromatic heterocycles. The first kappa shape index (κ1) is 18.0. The van der Waals surface area contributed by atoms with E-state index in [2.05, 4.69) is 22.2 Å². The highest BCUT2D eigenvalue weighted by atomic mass is 35.5. The maximum absolute atomic E-state index is 6.03. The summed E-state index contributed by atoms with van der Waals surface area (Å²) in [6.45, 7) is 2.94. The second-order valence-electron chi connectivity index (χ2n) is 5.43. The molecule has 0 spiro atoms. The SMILES string of the molecule is COc1ccc(/N=C2/SC(C)CN2C(=S)Nc2cccc(Cl)c2)cn1. The molecule has 3 rings (SSSR count). The Hall–Kier alpha value is -1.83. The molecule has 1 fully saturated rings. The number of nitrogens with one attached hydrogen (secondary N) is 1. The molecule has 0 aliphatic carbocycles. The van der Waals surface area contributed by atoms with Crippen LogP contribution in [0.25, 0.3) is 0 Å². The highest BCUT2D eigenvalue weighted by Gasteiger charge is 2.28. The molecule has 0 amide bonds. The van der Waals surface area contributed by atoms with E-state index >= 15 is 0 Å². The van der Waals surface area contributed by atoms with Gasteiger partial charge in [-0.3, -0.25) is 4.90 Å². The van der Waals surface area contributed by atoms with Gasteiger partial charge < -0.3 is 10.1 Å². The third-order valence-corrected chi connectivity index (χ3v) is 5.08. The molecule has 1 atom stereocenters. The van der Waals surface area contributed by atoms with Gasteiger partial charge in [-0.25, -0.2) is 9.98 Å². The van der Waals surface area contributed by atoms with Crippen molar-refractivity contribution in [2.75, 3.05) is 19.0 Å². The van der Waals surface area contributed by atoms with Crippen LogP contribution in [-0.2, 0) is 0 Å². The van der Waals surface area contributed by atoms with Gasteiger partial charge in [-0.05, 0) is 36.5 Å². The van der Waals surface area contributed by atoms with E-state index in [0.29, 0.717) is 21.3 Å². The van der Waals surface area contributed by atoms with Crippen LogP contribution in [0, 0.1) is 0 Å². The number of benzene rings is 1. The van der Waals surface area contributed by atoms with E-state index in [1.165, 1.54) is 0 Å². The minimum absolute atomic E-state index is 0.393. The van der Waals surface area contributed by atoms with Crippen molar-refractivity contribution < 1.29 is 4.74 Å². The van der Waals surface area contributed by atoms with Crippen molar-refractivity contribution in [2.24, 2.45) is 4.99 Å². The number of hydrogen-bond donors (Lipinski definition) is 1. The second-order valence-corrected chi connectivity index (χ2v) is 7.66. The maximum Gasteiger partial charge on any atom is 0.213 e. The van der Waals surface area contributed by atoms with Crippen molar-refractivity contribution in [1.29, 1.82) is 0 Å². The summed E-state index contributed by atoms with van der Waals surface area (Å²) in [6, 6.07) is 11.1. The van der Waals surface area contributed by atoms with Gasteiger partial charge in [-0.2, -0.15) is 0 Å². The molecule has 1 N–H and O–H groups in total. The van der Waals surface area contributed by atoms with Crippen molar-refractivity contribution in [1.82, 2.24) is 9.88 Å². The van der Waals surface area contributed by atoms with Crippen molar-refractivity contribution in [2.45, 2.75) is 12.2 Å². The number of nitrogens with zero attached hydrogens (tertiary/aromatic N) is 3. The van der Waals surface area contributed by atoms with Crippen LogP contribution in [0.5, 0.6) is 5.88 Å². The molecule has 1 unspecified atom stereocenters. The quantitative estimate of drug-likeness (QED) is 0.772. The van der Waals surface area contributed by atoms with E-state index in [-0.39, 0.29) is 0 Å². The number of thioether (sulfide) groups is 1. The zero-order chi connectivity index (χ0) is 17.8. The zero-order valence-corrected chi connectivity index (χ0v) is 16.2. The summed E-state index contributed by atoms with van der Waals surface area (Å²) in [6.07, 6.45) is 1.68. The first-order chi connectivity index (χ1) is 12.0. The Morgan fingerprint density at radius 1 is 1.44 bits per heavy atom. The summed E-state index contributed by atoms with van der Waals surface area (Å²) in [5.74, 6) is 0.561. The van der Waals surface area contributed by atoms with Gasteiger partial charge in [-0.1, -0.05) is 36.4 Å². The molecule has 130 valence electrons. The standard InChI is InChI=1S/C17H17ClN4OS2/c1-11-10-22(16(24)20-13-5-3-4-12(18)8-13)17(25-11)21-14-6-7-15(23-2)19-9-14/h3-9,11H,10H2,1-2H3,(H,20,24)/b21-17+. The lowest BCUT2D eigenvalue weighted by Crippen LogP contribution is -2.36. The van der Waals surface area contributed by atoms with Gasteiger partial charge in [-0.15, -0.1) is 0 Å². The average molecular weight is 393 g/mol. The van der Waals surface area contributed by atoms with Crippen molar-refractivity contribution >= 4 is 57.2 Å². The van der Waals surface area contributed by atoms with Gasteiger partial charge in [0.2, 0.25) is 5.88 Å². The lowest BCUT2D eigenvalue weighted by Gasteiger charge is -2.20. The van der Waals surface area contributed by atoms with Crippen molar-refractivity contribution in [3.05, 3.63) is 47.6 Å². The minimum atomic E-state index is 0.393. The first-order valence-corrected chi connectivity index (χ1v) is 9.31. The Bertz CT molecular complexity index is 797. The van der Waals surface area contributed by atoms with Gasteiger partial charge in [0.15, 0.2) is 10.3 Å². The van der Waals surface area contributed by atoms with Crippen molar-refractivity contribution in [3.8, 4) is 5.88 Å². The number of rotatable bonds is 3. The number of methoxy groups -OCH3 is 1. The molecule has 1 aliphatic heterocycles. The normalized spacial score (nSPS) is 18.4. The van der Waals surface area contributed by atoms with Crippen LogP contribution in [0.3, 0.4) is 0 Å². The van der Waals surface area contributed by atoms with E-state index in [0.717, 1.165) is 23.1 Å². The molecule has 0 bridgehead atoms. The summed E-state index contributed by atoms with van der Waals surface area (Å²) >= 11 is 13.3. The summed E-state index contributed by atoms with van der Waals surface area (Å²) in [4.78, 5) is 10.9. The monoisotopic (exact) mass is 392 g/mol. The van der Waals surface area contributed by atoms with E-state index < -0.39 is 0 Å². The summed E-state index contributed by atoms with van der Waals surface area (Å²) in [5.41, 5.74) is 1.61. The third-order valence-electron chi connectivity index (χ3n) is 3.45. The van der Waals surface area contributed by atoms with E-state index in [4.69, 9.17) is 28.6 Å². The molecule has 1 aromatic carbocycles. The van der Waals surface area contributed by atoms with Gasteiger partial charge >= 0.3 is 0 Å². The van der Waals surface area contributed by atoms with Gasteiger partial charge in [0, 0.05) is 28.6 Å². The molecule has 1 saturated heterocycles. The molecular weight excluding hydrogens is 376 g/mol. The van der Waals surface area contributed by atoms with Gasteiger partial charge in [0.1, 0.15) is 0 Å². The Morgan fingerprint density at radius 3 is 2.96 bits per heavy atom. The van der Waals surface area contributed by atoms with E-state index in [1.54, 1.807) is 31.1 Å². The fourth-order valence-electron chi connectivity index (χ4n) is 2.30. The highest BCUT2D eigenvalue weighted by molar-refractivity contribution is 8.14. The van der Waals surface area contributed by atoms with Gasteiger partial charge in [0.05, 0.1) is 19.0 Å². The molecule has 25 heavy (non-hydrogen) atoms. The predicted molar refractivity (Wildman–Crippen MR) is 109 cm³/mol. The second kappa shape index (κ2) is 8.03. The first-order valence-electron chi connectivity index (χ1n) is 7.64. The molecule has 0 radical (unpaired) electrons. The third kappa shape index (κ3) is 4.62. The number of hydrogen-bond acceptors (Lipinski definition) is 5. The average Bonchev–Trinajstić information content (AvgIpc) is 2.96. The molecule has 2 aromatic rings. The number of amidine groups is 1. The number of pyridine rings is 1. The summed E-state index contributed by atoms with van der Waals surface area (Å²) < 4.78 is 5.07. The number of halogens is 1.